The Labute approximate surface area is 148 Å². The zero-order valence-corrected chi connectivity index (χ0v) is 14.4. The molecule has 0 spiro atoms. The Morgan fingerprint density at radius 2 is 1.71 bits per heavy atom. The van der Waals surface area contributed by atoms with Crippen molar-refractivity contribution in [2.24, 2.45) is 0 Å². The molecule has 0 heterocycles. The summed E-state index contributed by atoms with van der Waals surface area (Å²) in [7, 11) is 0. The van der Waals surface area contributed by atoms with Gasteiger partial charge in [-0.05, 0) is 22.8 Å². The van der Waals surface area contributed by atoms with Gasteiger partial charge in [-0.15, -0.1) is 0 Å². The maximum Gasteiger partial charge on any atom is 0.0868 e. The van der Waals surface area contributed by atoms with E-state index in [4.69, 9.17) is 16.7 Å². The number of hydrogen-bond donors (Lipinski definition) is 3. The third-order valence-electron chi connectivity index (χ3n) is 3.66. The van der Waals surface area contributed by atoms with E-state index >= 15 is 0 Å². The molecule has 0 unspecified atom stereocenters. The molecule has 4 heteroatoms. The second-order valence-electron chi connectivity index (χ2n) is 5.61. The van der Waals surface area contributed by atoms with Gasteiger partial charge in [-0.1, -0.05) is 67.2 Å². The molecule has 0 amide bonds. The summed E-state index contributed by atoms with van der Waals surface area (Å²) in [6.07, 6.45) is 0.517. The minimum atomic E-state index is 0.176. The summed E-state index contributed by atoms with van der Waals surface area (Å²) in [5, 5.41) is 16.4. The number of nitrogens with one attached hydrogen (secondary N) is 2. The van der Waals surface area contributed by atoms with Crippen LogP contribution in [0.15, 0.2) is 67.4 Å². The van der Waals surface area contributed by atoms with Crippen molar-refractivity contribution in [3.05, 3.63) is 89.2 Å². The van der Waals surface area contributed by atoms with Crippen LogP contribution in [0.2, 0.25) is 5.02 Å². The van der Waals surface area contributed by atoms with Gasteiger partial charge >= 0.3 is 0 Å². The first-order chi connectivity index (χ1) is 11.6. The van der Waals surface area contributed by atoms with Gasteiger partial charge in [0.15, 0.2) is 0 Å². The van der Waals surface area contributed by atoms with E-state index in [0.29, 0.717) is 13.0 Å². The first kappa shape index (κ1) is 18.1. The van der Waals surface area contributed by atoms with Gasteiger partial charge in [0.05, 0.1) is 5.76 Å². The molecule has 0 aliphatic rings. The second kappa shape index (κ2) is 9.16. The maximum absolute atomic E-state index is 9.07. The average Bonchev–Trinajstić information content (AvgIpc) is 2.57. The van der Waals surface area contributed by atoms with E-state index in [2.05, 4.69) is 35.9 Å². The van der Waals surface area contributed by atoms with Gasteiger partial charge < -0.3 is 15.7 Å². The lowest BCUT2D eigenvalue weighted by molar-refractivity contribution is 0.391. The molecule has 126 valence electrons. The highest BCUT2D eigenvalue weighted by Gasteiger charge is 2.01. The largest absolute Gasteiger partial charge is 0.513 e. The van der Waals surface area contributed by atoms with Gasteiger partial charge in [-0.2, -0.15) is 0 Å². The molecule has 0 bridgehead atoms. The van der Waals surface area contributed by atoms with E-state index < -0.39 is 0 Å². The Morgan fingerprint density at radius 3 is 2.38 bits per heavy atom. The van der Waals surface area contributed by atoms with Crippen LogP contribution in [0.1, 0.15) is 23.1 Å². The van der Waals surface area contributed by atoms with E-state index in [1.165, 1.54) is 5.56 Å². The highest BCUT2D eigenvalue weighted by Crippen LogP contribution is 2.15. The zero-order valence-electron chi connectivity index (χ0n) is 13.7. The summed E-state index contributed by atoms with van der Waals surface area (Å²) in [5.74, 6) is 0.176. The van der Waals surface area contributed by atoms with Crippen LogP contribution >= 0.6 is 11.6 Å². The first-order valence-corrected chi connectivity index (χ1v) is 8.27. The third kappa shape index (κ3) is 5.76. The molecule has 0 atom stereocenters. The van der Waals surface area contributed by atoms with Crippen molar-refractivity contribution in [2.45, 2.75) is 19.5 Å². The van der Waals surface area contributed by atoms with Crippen LogP contribution in [0.25, 0.3) is 5.70 Å². The number of rotatable bonds is 9. The molecule has 0 aliphatic carbocycles. The monoisotopic (exact) mass is 342 g/mol. The number of aliphatic hydroxyl groups is 1. The predicted octanol–water partition coefficient (Wildman–Crippen LogP) is 4.65. The Kier molecular flexibility index (Phi) is 6.91. The fourth-order valence-electron chi connectivity index (χ4n) is 2.27. The Hall–Kier alpha value is -2.23. The molecule has 0 aliphatic heterocycles. The van der Waals surface area contributed by atoms with Crippen molar-refractivity contribution in [1.29, 1.82) is 0 Å². The summed E-state index contributed by atoms with van der Waals surface area (Å²) in [4.78, 5) is 0. The first-order valence-electron chi connectivity index (χ1n) is 7.89. The smallest absolute Gasteiger partial charge is 0.0868 e. The van der Waals surface area contributed by atoms with E-state index in [1.54, 1.807) is 0 Å². The molecule has 3 nitrogen and oxygen atoms in total. The third-order valence-corrected chi connectivity index (χ3v) is 4.03. The molecule has 2 rings (SSSR count). The molecule has 0 radical (unpaired) electrons. The fraction of sp³-hybridized carbons (Fsp3) is 0.200. The molecule has 0 aromatic heterocycles. The van der Waals surface area contributed by atoms with Gasteiger partial charge in [0.1, 0.15) is 0 Å². The van der Waals surface area contributed by atoms with E-state index in [-0.39, 0.29) is 5.76 Å². The standard InChI is InChI=1S/C20H23ClN2O/c1-15(24)11-12-23-16(2)18-9-7-17(8-10-18)13-22-14-19-5-3-4-6-20(19)21/h3-10,22-24H,1-2,11-14H2. The van der Waals surface area contributed by atoms with Gasteiger partial charge in [-0.25, -0.2) is 0 Å². The Morgan fingerprint density at radius 1 is 1.00 bits per heavy atom. The quantitative estimate of drug-likeness (QED) is 0.581. The van der Waals surface area contributed by atoms with Crippen LogP contribution in [0.4, 0.5) is 0 Å². The van der Waals surface area contributed by atoms with Gasteiger partial charge in [0.2, 0.25) is 0 Å². The minimum Gasteiger partial charge on any atom is -0.513 e. The molecule has 0 fully saturated rings. The topological polar surface area (TPSA) is 44.3 Å². The van der Waals surface area contributed by atoms with Crippen LogP contribution in [0.5, 0.6) is 0 Å². The van der Waals surface area contributed by atoms with E-state index in [0.717, 1.165) is 34.9 Å². The predicted molar refractivity (Wildman–Crippen MR) is 102 cm³/mol. The normalized spacial score (nSPS) is 10.4. The Bertz CT molecular complexity index is 695. The lowest BCUT2D eigenvalue weighted by Gasteiger charge is -2.11. The van der Waals surface area contributed by atoms with Crippen molar-refractivity contribution in [3.8, 4) is 0 Å². The summed E-state index contributed by atoms with van der Waals surface area (Å²) in [6, 6.07) is 16.1. The van der Waals surface area contributed by atoms with Crippen LogP contribution in [-0.2, 0) is 13.1 Å². The van der Waals surface area contributed by atoms with Crippen LogP contribution in [0, 0.1) is 0 Å². The Balaban J connectivity index is 1.80. The summed E-state index contributed by atoms with van der Waals surface area (Å²) in [6.45, 7) is 9.60. The van der Waals surface area contributed by atoms with Crippen molar-refractivity contribution in [2.75, 3.05) is 6.54 Å². The summed E-state index contributed by atoms with van der Waals surface area (Å²) in [5.41, 5.74) is 4.17. The molecular weight excluding hydrogens is 320 g/mol. The van der Waals surface area contributed by atoms with E-state index in [9.17, 15) is 0 Å². The zero-order chi connectivity index (χ0) is 17.4. The molecule has 24 heavy (non-hydrogen) atoms. The molecule has 2 aromatic rings. The van der Waals surface area contributed by atoms with Crippen LogP contribution in [-0.4, -0.2) is 11.7 Å². The van der Waals surface area contributed by atoms with Crippen molar-refractivity contribution < 1.29 is 5.11 Å². The van der Waals surface area contributed by atoms with Gasteiger partial charge in [0, 0.05) is 36.8 Å². The highest BCUT2D eigenvalue weighted by atomic mass is 35.5. The summed E-state index contributed by atoms with van der Waals surface area (Å²) < 4.78 is 0. The SMILES string of the molecule is C=C(O)CCNC(=C)c1ccc(CNCc2ccccc2Cl)cc1. The number of hydrogen-bond acceptors (Lipinski definition) is 3. The average molecular weight is 343 g/mol. The van der Waals surface area contributed by atoms with Gasteiger partial charge in [0.25, 0.3) is 0 Å². The second-order valence-corrected chi connectivity index (χ2v) is 6.02. The van der Waals surface area contributed by atoms with Crippen molar-refractivity contribution in [1.82, 2.24) is 10.6 Å². The number of halogens is 1. The lowest BCUT2D eigenvalue weighted by Crippen LogP contribution is -2.14. The van der Waals surface area contributed by atoms with Crippen LogP contribution < -0.4 is 10.6 Å². The fourth-order valence-corrected chi connectivity index (χ4v) is 2.47. The number of aliphatic hydroxyl groups excluding tert-OH is 1. The molecule has 0 saturated heterocycles. The molecule has 0 saturated carbocycles. The highest BCUT2D eigenvalue weighted by molar-refractivity contribution is 6.31. The maximum atomic E-state index is 9.07. The number of benzene rings is 2. The minimum absolute atomic E-state index is 0.176. The molecule has 2 aromatic carbocycles. The van der Waals surface area contributed by atoms with Crippen molar-refractivity contribution >= 4 is 17.3 Å². The van der Waals surface area contributed by atoms with Crippen LogP contribution in [0.3, 0.4) is 0 Å². The van der Waals surface area contributed by atoms with Gasteiger partial charge in [-0.3, -0.25) is 0 Å². The summed E-state index contributed by atoms with van der Waals surface area (Å²) >= 11 is 6.15. The van der Waals surface area contributed by atoms with Crippen molar-refractivity contribution in [3.63, 3.8) is 0 Å². The molecular formula is C20H23ClN2O. The molecule has 3 N–H and O–H groups in total. The van der Waals surface area contributed by atoms with E-state index in [1.807, 2.05) is 36.4 Å². The lowest BCUT2D eigenvalue weighted by atomic mass is 10.1.